The highest BCUT2D eigenvalue weighted by Gasteiger charge is 2.09. The summed E-state index contributed by atoms with van der Waals surface area (Å²) in [6.45, 7) is 1.46. The molecule has 2 N–H and O–H groups in total. The predicted octanol–water partition coefficient (Wildman–Crippen LogP) is 4.28. The summed E-state index contributed by atoms with van der Waals surface area (Å²) in [7, 11) is 0. The van der Waals surface area contributed by atoms with E-state index < -0.39 is 0 Å². The molecule has 0 aliphatic heterocycles. The van der Waals surface area contributed by atoms with E-state index in [9.17, 15) is 10.1 Å². The van der Waals surface area contributed by atoms with Crippen LogP contribution in [0.5, 0.6) is 0 Å². The highest BCUT2D eigenvalue weighted by molar-refractivity contribution is 5.75. The van der Waals surface area contributed by atoms with Crippen molar-refractivity contribution in [3.05, 3.63) is 89.5 Å². The van der Waals surface area contributed by atoms with Crippen LogP contribution in [0.4, 0.5) is 5.69 Å². The Kier molecular flexibility index (Phi) is 5.31. The Hall–Kier alpha value is -3.58. The zero-order chi connectivity index (χ0) is 18.4. The third-order valence-corrected chi connectivity index (χ3v) is 4.09. The molecule has 0 heterocycles. The minimum absolute atomic E-state index is 0.140. The molecule has 0 bridgehead atoms. The lowest BCUT2D eigenvalue weighted by atomic mass is 9.92. The Labute approximate surface area is 153 Å². The predicted molar refractivity (Wildman–Crippen MR) is 103 cm³/mol. The molecule has 0 aromatic heterocycles. The zero-order valence-electron chi connectivity index (χ0n) is 14.5. The van der Waals surface area contributed by atoms with Crippen LogP contribution in [0, 0.1) is 11.3 Å². The molecule has 3 aromatic rings. The van der Waals surface area contributed by atoms with Gasteiger partial charge in [0.2, 0.25) is 5.91 Å². The molecule has 0 fully saturated rings. The molecule has 0 saturated heterocycles. The van der Waals surface area contributed by atoms with Gasteiger partial charge in [0, 0.05) is 6.92 Å². The van der Waals surface area contributed by atoms with Crippen molar-refractivity contribution in [2.75, 3.05) is 5.43 Å². The van der Waals surface area contributed by atoms with Gasteiger partial charge in [0.15, 0.2) is 0 Å². The van der Waals surface area contributed by atoms with E-state index in [0.29, 0.717) is 5.56 Å². The van der Waals surface area contributed by atoms with E-state index in [1.807, 2.05) is 60.7 Å². The summed E-state index contributed by atoms with van der Waals surface area (Å²) in [6, 6.07) is 26.0. The fraction of sp³-hybridized carbons (Fsp3) is 0.0909. The SMILES string of the molecule is CC(=O)NNc1ccc(Cc2ccccc2-c2ccccc2C#N)cc1. The molecule has 4 nitrogen and oxygen atoms in total. The summed E-state index contributed by atoms with van der Waals surface area (Å²) in [5.74, 6) is -0.140. The average molecular weight is 341 g/mol. The van der Waals surface area contributed by atoms with Gasteiger partial charge in [0.25, 0.3) is 0 Å². The van der Waals surface area contributed by atoms with Crippen LogP contribution in [0.15, 0.2) is 72.8 Å². The van der Waals surface area contributed by atoms with E-state index in [4.69, 9.17) is 0 Å². The summed E-state index contributed by atoms with van der Waals surface area (Å²) in [4.78, 5) is 11.0. The van der Waals surface area contributed by atoms with E-state index in [1.54, 1.807) is 0 Å². The number of anilines is 1. The lowest BCUT2D eigenvalue weighted by Crippen LogP contribution is -2.26. The molecule has 0 atom stereocenters. The summed E-state index contributed by atoms with van der Waals surface area (Å²) in [6.07, 6.45) is 0.760. The van der Waals surface area contributed by atoms with Crippen LogP contribution in [-0.4, -0.2) is 5.91 Å². The smallest absolute Gasteiger partial charge is 0.235 e. The van der Waals surface area contributed by atoms with Crippen LogP contribution in [0.1, 0.15) is 23.6 Å². The molecule has 26 heavy (non-hydrogen) atoms. The number of nitriles is 1. The van der Waals surface area contributed by atoms with Crippen molar-refractivity contribution < 1.29 is 4.79 Å². The normalized spacial score (nSPS) is 10.0. The number of nitrogens with one attached hydrogen (secondary N) is 2. The Morgan fingerprint density at radius 3 is 2.27 bits per heavy atom. The molecular formula is C22H19N3O. The number of hydrogen-bond donors (Lipinski definition) is 2. The number of hydrogen-bond acceptors (Lipinski definition) is 3. The van der Waals surface area contributed by atoms with E-state index in [1.165, 1.54) is 6.92 Å². The van der Waals surface area contributed by atoms with Gasteiger partial charge in [0.05, 0.1) is 17.3 Å². The molecule has 3 aromatic carbocycles. The fourth-order valence-corrected chi connectivity index (χ4v) is 2.84. The highest BCUT2D eigenvalue weighted by Crippen LogP contribution is 2.28. The second-order valence-electron chi connectivity index (χ2n) is 5.99. The summed E-state index contributed by atoms with van der Waals surface area (Å²) in [5, 5.41) is 9.39. The first kappa shape index (κ1) is 17.2. The molecule has 0 aliphatic carbocycles. The molecule has 0 radical (unpaired) electrons. The van der Waals surface area contributed by atoms with E-state index >= 15 is 0 Å². The minimum atomic E-state index is -0.140. The Morgan fingerprint density at radius 2 is 1.58 bits per heavy atom. The van der Waals surface area contributed by atoms with Gasteiger partial charge in [0.1, 0.15) is 0 Å². The van der Waals surface area contributed by atoms with Crippen molar-refractivity contribution in [3.8, 4) is 17.2 Å². The van der Waals surface area contributed by atoms with Gasteiger partial charge >= 0.3 is 0 Å². The molecular weight excluding hydrogens is 322 g/mol. The molecule has 0 spiro atoms. The maximum absolute atomic E-state index is 11.0. The molecule has 4 heteroatoms. The maximum atomic E-state index is 11.0. The van der Waals surface area contributed by atoms with Crippen LogP contribution in [0.25, 0.3) is 11.1 Å². The van der Waals surface area contributed by atoms with Crippen LogP contribution in [0.2, 0.25) is 0 Å². The quantitative estimate of drug-likeness (QED) is 0.681. The Bertz CT molecular complexity index is 956. The summed E-state index contributed by atoms with van der Waals surface area (Å²) in [5.41, 5.74) is 11.3. The number of benzene rings is 3. The third kappa shape index (κ3) is 4.08. The van der Waals surface area contributed by atoms with Gasteiger partial charge in [-0.15, -0.1) is 0 Å². The lowest BCUT2D eigenvalue weighted by Gasteiger charge is -2.12. The number of nitrogens with zero attached hydrogens (tertiary/aromatic N) is 1. The Morgan fingerprint density at radius 1 is 0.923 bits per heavy atom. The van der Waals surface area contributed by atoms with Gasteiger partial charge in [-0.1, -0.05) is 54.6 Å². The largest absolute Gasteiger partial charge is 0.299 e. The second-order valence-corrected chi connectivity index (χ2v) is 5.99. The van der Waals surface area contributed by atoms with Crippen molar-refractivity contribution in [2.24, 2.45) is 0 Å². The summed E-state index contributed by atoms with van der Waals surface area (Å²) >= 11 is 0. The monoisotopic (exact) mass is 341 g/mol. The zero-order valence-corrected chi connectivity index (χ0v) is 14.5. The molecule has 3 rings (SSSR count). The van der Waals surface area contributed by atoms with Gasteiger partial charge in [-0.3, -0.25) is 15.6 Å². The first-order chi connectivity index (χ1) is 12.7. The minimum Gasteiger partial charge on any atom is -0.299 e. The van der Waals surface area contributed by atoms with Crippen molar-refractivity contribution in [3.63, 3.8) is 0 Å². The van der Waals surface area contributed by atoms with Crippen molar-refractivity contribution in [1.29, 1.82) is 5.26 Å². The van der Waals surface area contributed by atoms with Crippen LogP contribution in [-0.2, 0) is 11.2 Å². The first-order valence-electron chi connectivity index (χ1n) is 8.36. The van der Waals surface area contributed by atoms with Crippen molar-refractivity contribution in [2.45, 2.75) is 13.3 Å². The lowest BCUT2D eigenvalue weighted by molar-refractivity contribution is -0.118. The number of hydrazine groups is 1. The standard InChI is InChI=1S/C22H19N3O/c1-16(26)24-25-20-12-10-17(11-13-20)14-18-6-2-4-8-21(18)22-9-5-3-7-19(22)15-23/h2-13,25H,14H2,1H3,(H,24,26). The number of rotatable bonds is 5. The van der Waals surface area contributed by atoms with E-state index in [2.05, 4.69) is 29.1 Å². The molecule has 128 valence electrons. The first-order valence-corrected chi connectivity index (χ1v) is 8.36. The highest BCUT2D eigenvalue weighted by atomic mass is 16.2. The summed E-state index contributed by atoms with van der Waals surface area (Å²) < 4.78 is 0. The molecule has 1 amide bonds. The van der Waals surface area contributed by atoms with E-state index in [0.717, 1.165) is 34.4 Å². The molecule has 0 aliphatic rings. The molecule has 0 unspecified atom stereocenters. The topological polar surface area (TPSA) is 64.9 Å². The van der Waals surface area contributed by atoms with Crippen LogP contribution in [0.3, 0.4) is 0 Å². The van der Waals surface area contributed by atoms with Crippen molar-refractivity contribution in [1.82, 2.24) is 5.43 Å². The van der Waals surface area contributed by atoms with Gasteiger partial charge in [-0.2, -0.15) is 5.26 Å². The molecule has 0 saturated carbocycles. The number of carbonyl (C=O) groups excluding carboxylic acids is 1. The fourth-order valence-electron chi connectivity index (χ4n) is 2.84. The number of carbonyl (C=O) groups is 1. The third-order valence-electron chi connectivity index (χ3n) is 4.09. The van der Waals surface area contributed by atoms with Gasteiger partial charge in [-0.25, -0.2) is 0 Å². The Balaban J connectivity index is 1.85. The second kappa shape index (κ2) is 8.00. The number of amides is 1. The van der Waals surface area contributed by atoms with E-state index in [-0.39, 0.29) is 5.91 Å². The van der Waals surface area contributed by atoms with Crippen LogP contribution < -0.4 is 10.9 Å². The van der Waals surface area contributed by atoms with Gasteiger partial charge < -0.3 is 0 Å². The van der Waals surface area contributed by atoms with Crippen LogP contribution >= 0.6 is 0 Å². The average Bonchev–Trinajstić information content (AvgIpc) is 2.68. The maximum Gasteiger partial charge on any atom is 0.235 e. The van der Waals surface area contributed by atoms with Crippen molar-refractivity contribution >= 4 is 11.6 Å². The van der Waals surface area contributed by atoms with Gasteiger partial charge in [-0.05, 0) is 46.9 Å².